The van der Waals surface area contributed by atoms with E-state index in [0.717, 1.165) is 0 Å². The van der Waals surface area contributed by atoms with Gasteiger partial charge in [-0.1, -0.05) is 29.8 Å². The van der Waals surface area contributed by atoms with Gasteiger partial charge in [0.15, 0.2) is 0 Å². The van der Waals surface area contributed by atoms with E-state index in [2.05, 4.69) is 5.32 Å². The van der Waals surface area contributed by atoms with Crippen LogP contribution < -0.4 is 5.32 Å². The summed E-state index contributed by atoms with van der Waals surface area (Å²) in [5.74, 6) is -3.22. The highest BCUT2D eigenvalue weighted by atomic mass is 35.5. The number of nitrogens with one attached hydrogen (secondary N) is 1. The molecule has 6 heteroatoms. The van der Waals surface area contributed by atoms with Crippen molar-refractivity contribution in [1.82, 2.24) is 10.2 Å². The number of benzene rings is 1. The number of halogens is 3. The van der Waals surface area contributed by atoms with Gasteiger partial charge in [0.2, 0.25) is 0 Å². The second-order valence-electron chi connectivity index (χ2n) is 4.63. The Kier molecular flexibility index (Phi) is 4.73. The first-order valence-corrected chi connectivity index (χ1v) is 6.62. The van der Waals surface area contributed by atoms with Gasteiger partial charge in [0.1, 0.15) is 12.6 Å². The van der Waals surface area contributed by atoms with Crippen LogP contribution in [0.1, 0.15) is 11.6 Å². The molecule has 1 aromatic rings. The van der Waals surface area contributed by atoms with E-state index < -0.39 is 18.6 Å². The molecule has 0 unspecified atom stereocenters. The quantitative estimate of drug-likeness (QED) is 0.889. The largest absolute Gasteiger partial charge is 0.390 e. The lowest BCUT2D eigenvalue weighted by Gasteiger charge is -2.39. The Balaban J connectivity index is 2.36. The number of aliphatic hydroxyl groups excluding tert-OH is 1. The molecule has 1 atom stereocenters. The van der Waals surface area contributed by atoms with Crippen LogP contribution in [-0.4, -0.2) is 48.7 Å². The Hall–Kier alpha value is -0.750. The maximum atomic E-state index is 14.1. The molecule has 106 valence electrons. The molecular weight excluding hydrogens is 274 g/mol. The van der Waals surface area contributed by atoms with Crippen LogP contribution in [0.5, 0.6) is 0 Å². The zero-order valence-electron chi connectivity index (χ0n) is 10.5. The zero-order chi connectivity index (χ0) is 13.9. The minimum absolute atomic E-state index is 0.305. The Bertz CT molecular complexity index is 425. The van der Waals surface area contributed by atoms with Gasteiger partial charge >= 0.3 is 0 Å². The van der Waals surface area contributed by atoms with Crippen molar-refractivity contribution in [2.24, 2.45) is 0 Å². The van der Waals surface area contributed by atoms with Gasteiger partial charge in [-0.15, -0.1) is 0 Å². The number of hydrogen-bond acceptors (Lipinski definition) is 3. The fourth-order valence-electron chi connectivity index (χ4n) is 2.41. The fourth-order valence-corrected chi connectivity index (χ4v) is 2.65. The third-order valence-corrected chi connectivity index (χ3v) is 3.67. The number of nitrogens with zero attached hydrogens (tertiary/aromatic N) is 1. The van der Waals surface area contributed by atoms with Gasteiger partial charge in [0.05, 0.1) is 0 Å². The number of aliphatic hydroxyl groups is 1. The molecule has 19 heavy (non-hydrogen) atoms. The molecular formula is C13H17ClF2N2O. The van der Waals surface area contributed by atoms with E-state index in [0.29, 0.717) is 36.8 Å². The smallest absolute Gasteiger partial charge is 0.289 e. The average molecular weight is 291 g/mol. The average Bonchev–Trinajstić information content (AvgIpc) is 2.42. The van der Waals surface area contributed by atoms with Gasteiger partial charge in [-0.05, 0) is 11.6 Å². The minimum Gasteiger partial charge on any atom is -0.390 e. The molecule has 0 amide bonds. The Morgan fingerprint density at radius 3 is 2.53 bits per heavy atom. The summed E-state index contributed by atoms with van der Waals surface area (Å²) in [4.78, 5) is 1.67. The molecule has 1 aliphatic rings. The lowest BCUT2D eigenvalue weighted by atomic mass is 9.98. The summed E-state index contributed by atoms with van der Waals surface area (Å²) in [5, 5.41) is 12.4. The highest BCUT2D eigenvalue weighted by Gasteiger charge is 2.44. The van der Waals surface area contributed by atoms with E-state index in [4.69, 9.17) is 16.7 Å². The summed E-state index contributed by atoms with van der Waals surface area (Å²) in [6, 6.07) is 5.40. The van der Waals surface area contributed by atoms with Crippen molar-refractivity contribution < 1.29 is 13.9 Å². The third-order valence-electron chi connectivity index (χ3n) is 3.33. The molecule has 1 aromatic carbocycles. The molecule has 1 saturated heterocycles. The van der Waals surface area contributed by atoms with Gasteiger partial charge < -0.3 is 10.4 Å². The SMILES string of the molecule is OCC(F)(F)[C@H](c1ccccc1Cl)N1CCNCC1. The van der Waals surface area contributed by atoms with E-state index in [1.165, 1.54) is 0 Å². The number of piperazine rings is 1. The van der Waals surface area contributed by atoms with Crippen LogP contribution in [0.25, 0.3) is 0 Å². The van der Waals surface area contributed by atoms with Crippen LogP contribution in [0, 0.1) is 0 Å². The second-order valence-corrected chi connectivity index (χ2v) is 5.04. The second kappa shape index (κ2) is 6.13. The number of hydrogen-bond donors (Lipinski definition) is 2. The number of rotatable bonds is 4. The zero-order valence-corrected chi connectivity index (χ0v) is 11.2. The van der Waals surface area contributed by atoms with Crippen LogP contribution in [-0.2, 0) is 0 Å². The third kappa shape index (κ3) is 3.23. The lowest BCUT2D eigenvalue weighted by molar-refractivity contribution is -0.118. The maximum absolute atomic E-state index is 14.1. The first-order chi connectivity index (χ1) is 9.06. The summed E-state index contributed by atoms with van der Waals surface area (Å²) in [7, 11) is 0. The molecule has 1 heterocycles. The van der Waals surface area contributed by atoms with E-state index in [9.17, 15) is 8.78 Å². The molecule has 1 fully saturated rings. The van der Waals surface area contributed by atoms with Crippen molar-refractivity contribution in [3.8, 4) is 0 Å². The standard InChI is InChI=1S/C13H17ClF2N2O/c14-11-4-2-1-3-10(11)12(13(15,16)9-19)18-7-5-17-6-8-18/h1-4,12,17,19H,5-9H2/t12-/m0/s1. The van der Waals surface area contributed by atoms with Crippen LogP contribution in [0.4, 0.5) is 8.78 Å². The van der Waals surface area contributed by atoms with Crippen molar-refractivity contribution in [3.05, 3.63) is 34.9 Å². The topological polar surface area (TPSA) is 35.5 Å². The number of alkyl halides is 2. The van der Waals surface area contributed by atoms with Crippen LogP contribution in [0.15, 0.2) is 24.3 Å². The Morgan fingerprint density at radius 2 is 1.95 bits per heavy atom. The van der Waals surface area contributed by atoms with Gasteiger partial charge in [-0.3, -0.25) is 4.90 Å². The van der Waals surface area contributed by atoms with Crippen molar-refractivity contribution >= 4 is 11.6 Å². The van der Waals surface area contributed by atoms with Crippen LogP contribution in [0.2, 0.25) is 5.02 Å². The molecule has 0 radical (unpaired) electrons. The minimum atomic E-state index is -3.22. The molecule has 0 aliphatic carbocycles. The van der Waals surface area contributed by atoms with E-state index in [1.54, 1.807) is 29.2 Å². The highest BCUT2D eigenvalue weighted by Crippen LogP contribution is 2.39. The first kappa shape index (κ1) is 14.7. The molecule has 0 bridgehead atoms. The molecule has 1 aliphatic heterocycles. The van der Waals surface area contributed by atoms with Gasteiger partial charge in [-0.25, -0.2) is 8.78 Å². The van der Waals surface area contributed by atoms with Crippen molar-refractivity contribution in [3.63, 3.8) is 0 Å². The van der Waals surface area contributed by atoms with E-state index >= 15 is 0 Å². The normalized spacial score (nSPS) is 19.4. The van der Waals surface area contributed by atoms with Crippen LogP contribution in [0.3, 0.4) is 0 Å². The highest BCUT2D eigenvalue weighted by molar-refractivity contribution is 6.31. The van der Waals surface area contributed by atoms with Gasteiger partial charge in [-0.2, -0.15) is 0 Å². The molecule has 2 rings (SSSR count). The summed E-state index contributed by atoms with van der Waals surface area (Å²) in [6.45, 7) is 1.13. The van der Waals surface area contributed by atoms with E-state index in [-0.39, 0.29) is 0 Å². The summed E-state index contributed by atoms with van der Waals surface area (Å²) < 4.78 is 28.2. The van der Waals surface area contributed by atoms with Crippen molar-refractivity contribution in [1.29, 1.82) is 0 Å². The monoisotopic (exact) mass is 290 g/mol. The molecule has 2 N–H and O–H groups in total. The van der Waals surface area contributed by atoms with Crippen LogP contribution >= 0.6 is 11.6 Å². The van der Waals surface area contributed by atoms with Gasteiger partial charge in [0, 0.05) is 31.2 Å². The Morgan fingerprint density at radius 1 is 1.32 bits per heavy atom. The fraction of sp³-hybridized carbons (Fsp3) is 0.538. The van der Waals surface area contributed by atoms with Crippen molar-refractivity contribution in [2.75, 3.05) is 32.8 Å². The summed E-state index contributed by atoms with van der Waals surface area (Å²) >= 11 is 6.04. The predicted molar refractivity (Wildman–Crippen MR) is 70.7 cm³/mol. The maximum Gasteiger partial charge on any atom is 0.289 e. The molecule has 0 aromatic heterocycles. The molecule has 0 saturated carbocycles. The van der Waals surface area contributed by atoms with Crippen molar-refractivity contribution in [2.45, 2.75) is 12.0 Å². The summed E-state index contributed by atoms with van der Waals surface area (Å²) in [5.41, 5.74) is 0.366. The van der Waals surface area contributed by atoms with E-state index in [1.807, 2.05) is 0 Å². The van der Waals surface area contributed by atoms with Gasteiger partial charge in [0.25, 0.3) is 5.92 Å². The predicted octanol–water partition coefficient (Wildman–Crippen LogP) is 1.91. The molecule has 3 nitrogen and oxygen atoms in total. The molecule has 0 spiro atoms. The Labute approximate surface area is 116 Å². The first-order valence-electron chi connectivity index (χ1n) is 6.24. The lowest BCUT2D eigenvalue weighted by Crippen LogP contribution is -2.51. The summed E-state index contributed by atoms with van der Waals surface area (Å²) in [6.07, 6.45) is 0.